The van der Waals surface area contributed by atoms with Crippen molar-refractivity contribution in [1.29, 1.82) is 0 Å². The fourth-order valence-corrected chi connectivity index (χ4v) is 4.79. The largest absolute Gasteiger partial charge is 0.497 e. The average Bonchev–Trinajstić information content (AvgIpc) is 2.85. The molecular weight excluding hydrogens is 450 g/mol. The first-order valence-electron chi connectivity index (χ1n) is 11.6. The number of fused-ring (bicyclic) bond motifs is 3. The van der Waals surface area contributed by atoms with Gasteiger partial charge in [0.05, 0.1) is 12.5 Å². The fraction of sp³-hybridized carbons (Fsp3) is 0.321. The Kier molecular flexibility index (Phi) is 7.76. The number of hydrogen-bond donors (Lipinski definition) is 0. The second-order valence-electron chi connectivity index (χ2n) is 8.78. The highest BCUT2D eigenvalue weighted by Crippen LogP contribution is 2.27. The van der Waals surface area contributed by atoms with Crippen LogP contribution in [0.5, 0.6) is 11.5 Å². The van der Waals surface area contributed by atoms with Crippen LogP contribution in [0.2, 0.25) is 0 Å². The van der Waals surface area contributed by atoms with E-state index in [4.69, 9.17) is 13.9 Å². The minimum absolute atomic E-state index is 0. The number of methoxy groups -OCH3 is 1. The van der Waals surface area contributed by atoms with Gasteiger partial charge in [0.15, 0.2) is 0 Å². The Morgan fingerprint density at radius 1 is 0.912 bits per heavy atom. The summed E-state index contributed by atoms with van der Waals surface area (Å²) in [6, 6.07) is 21.7. The summed E-state index contributed by atoms with van der Waals surface area (Å²) >= 11 is 0. The molecule has 5 rings (SSSR count). The lowest BCUT2D eigenvalue weighted by Gasteiger charge is -2.32. The first-order valence-corrected chi connectivity index (χ1v) is 11.6. The van der Waals surface area contributed by atoms with Crippen LogP contribution in [-0.2, 0) is 6.42 Å². The number of nitrogens with zero attached hydrogens (tertiary/aromatic N) is 1. The van der Waals surface area contributed by atoms with Gasteiger partial charge in [0, 0.05) is 18.0 Å². The van der Waals surface area contributed by atoms with Crippen LogP contribution in [0.4, 0.5) is 0 Å². The molecule has 3 aromatic carbocycles. The number of halogens is 1. The molecule has 0 amide bonds. The molecule has 0 atom stereocenters. The van der Waals surface area contributed by atoms with Crippen molar-refractivity contribution in [2.24, 2.45) is 5.92 Å². The first-order chi connectivity index (χ1) is 16.2. The molecule has 0 bridgehead atoms. The van der Waals surface area contributed by atoms with Crippen LogP contribution in [0.15, 0.2) is 75.9 Å². The van der Waals surface area contributed by atoms with E-state index < -0.39 is 0 Å². The van der Waals surface area contributed by atoms with Crippen LogP contribution in [0.3, 0.4) is 0 Å². The maximum atomic E-state index is 12.3. The highest BCUT2D eigenvalue weighted by molar-refractivity contribution is 6.04. The number of hydrogen-bond acceptors (Lipinski definition) is 5. The minimum Gasteiger partial charge on any atom is -0.497 e. The average molecular weight is 480 g/mol. The molecule has 1 aliphatic rings. The monoisotopic (exact) mass is 479 g/mol. The molecule has 0 radical (unpaired) electrons. The Morgan fingerprint density at radius 3 is 2.50 bits per heavy atom. The molecule has 0 spiro atoms. The molecule has 178 valence electrons. The van der Waals surface area contributed by atoms with Crippen molar-refractivity contribution in [2.45, 2.75) is 19.3 Å². The lowest BCUT2D eigenvalue weighted by Crippen LogP contribution is -2.37. The van der Waals surface area contributed by atoms with Gasteiger partial charge in [-0.2, -0.15) is 0 Å². The molecule has 2 heterocycles. The molecule has 1 fully saturated rings. The Bertz CT molecular complexity index is 1310. The highest BCUT2D eigenvalue weighted by Gasteiger charge is 2.19. The molecule has 1 aromatic heterocycles. The smallest absolute Gasteiger partial charge is 0.344 e. The Hall–Kier alpha value is -3.02. The number of likely N-dealkylation sites (tertiary alicyclic amines) is 1. The number of rotatable bonds is 7. The van der Waals surface area contributed by atoms with Crippen molar-refractivity contribution >= 4 is 34.1 Å². The maximum absolute atomic E-state index is 12.3. The van der Waals surface area contributed by atoms with Crippen LogP contribution < -0.4 is 15.1 Å². The van der Waals surface area contributed by atoms with Gasteiger partial charge in [-0.3, -0.25) is 4.90 Å². The summed E-state index contributed by atoms with van der Waals surface area (Å²) < 4.78 is 16.9. The summed E-state index contributed by atoms with van der Waals surface area (Å²) in [5, 5.41) is 2.44. The van der Waals surface area contributed by atoms with Crippen molar-refractivity contribution < 1.29 is 13.9 Å². The van der Waals surface area contributed by atoms with E-state index in [0.717, 1.165) is 48.3 Å². The van der Waals surface area contributed by atoms with E-state index in [0.29, 0.717) is 23.5 Å². The van der Waals surface area contributed by atoms with Crippen molar-refractivity contribution in [3.63, 3.8) is 0 Å². The van der Waals surface area contributed by atoms with E-state index in [1.165, 1.54) is 18.4 Å². The first kappa shape index (κ1) is 24.1. The third-order valence-electron chi connectivity index (χ3n) is 6.63. The van der Waals surface area contributed by atoms with Gasteiger partial charge in [-0.05, 0) is 79.6 Å². The predicted octanol–water partition coefficient (Wildman–Crippen LogP) is 5.71. The number of ether oxygens (including phenoxy) is 2. The van der Waals surface area contributed by atoms with Crippen molar-refractivity contribution in [3.05, 3.63) is 82.7 Å². The predicted molar refractivity (Wildman–Crippen MR) is 139 cm³/mol. The topological polar surface area (TPSA) is 51.9 Å². The molecule has 6 heteroatoms. The lowest BCUT2D eigenvalue weighted by atomic mass is 9.90. The van der Waals surface area contributed by atoms with E-state index in [1.807, 2.05) is 42.5 Å². The van der Waals surface area contributed by atoms with Crippen molar-refractivity contribution in [3.8, 4) is 11.5 Å². The van der Waals surface area contributed by atoms with Gasteiger partial charge >= 0.3 is 5.63 Å². The van der Waals surface area contributed by atoms with Crippen molar-refractivity contribution in [1.82, 2.24) is 4.90 Å². The van der Waals surface area contributed by atoms with Crippen LogP contribution in [0.1, 0.15) is 18.4 Å². The van der Waals surface area contributed by atoms with E-state index in [9.17, 15) is 4.79 Å². The SMILES string of the molecule is COc1cccc(CC2CCN(CCOc3ccc4c(c3)oc(=O)c3ccccc34)CC2)c1.Cl. The molecule has 5 nitrogen and oxygen atoms in total. The van der Waals surface area contributed by atoms with Crippen molar-refractivity contribution in [2.75, 3.05) is 33.4 Å². The molecule has 34 heavy (non-hydrogen) atoms. The molecule has 0 N–H and O–H groups in total. The Morgan fingerprint density at radius 2 is 1.71 bits per heavy atom. The van der Waals surface area contributed by atoms with Gasteiger partial charge in [-0.1, -0.05) is 30.3 Å². The van der Waals surface area contributed by atoms with E-state index in [2.05, 4.69) is 23.1 Å². The molecule has 4 aromatic rings. The molecular formula is C28H30ClNO4. The second-order valence-corrected chi connectivity index (χ2v) is 8.78. The van der Waals surface area contributed by atoms with Gasteiger partial charge in [-0.25, -0.2) is 4.79 Å². The summed E-state index contributed by atoms with van der Waals surface area (Å²) in [6.45, 7) is 3.70. The third kappa shape index (κ3) is 5.37. The molecule has 1 aliphatic heterocycles. The number of benzene rings is 3. The zero-order valence-corrected chi connectivity index (χ0v) is 20.2. The highest BCUT2D eigenvalue weighted by atomic mass is 35.5. The summed E-state index contributed by atoms with van der Waals surface area (Å²) in [7, 11) is 1.72. The zero-order chi connectivity index (χ0) is 22.6. The summed E-state index contributed by atoms with van der Waals surface area (Å²) in [5.74, 6) is 2.38. The zero-order valence-electron chi connectivity index (χ0n) is 19.4. The summed E-state index contributed by atoms with van der Waals surface area (Å²) in [4.78, 5) is 14.7. The van der Waals surface area contributed by atoms with Gasteiger partial charge in [-0.15, -0.1) is 12.4 Å². The van der Waals surface area contributed by atoms with E-state index in [-0.39, 0.29) is 18.0 Å². The van der Waals surface area contributed by atoms with E-state index in [1.54, 1.807) is 13.2 Å². The van der Waals surface area contributed by atoms with Crippen LogP contribution >= 0.6 is 12.4 Å². The second kappa shape index (κ2) is 10.9. The molecule has 0 saturated carbocycles. The minimum atomic E-state index is -0.313. The van der Waals surface area contributed by atoms with Gasteiger partial charge < -0.3 is 13.9 Å². The summed E-state index contributed by atoms with van der Waals surface area (Å²) in [6.07, 6.45) is 3.51. The Labute approximate surface area is 205 Å². The van der Waals surface area contributed by atoms with Gasteiger partial charge in [0.1, 0.15) is 23.7 Å². The standard InChI is InChI=1S/C28H29NO4.ClH/c1-31-22-6-4-5-21(18-22)17-20-11-13-29(14-12-20)15-16-32-23-9-10-25-24-7-2-3-8-26(24)28(30)33-27(25)19-23;/h2-10,18-20H,11-17H2,1H3;1H. The molecule has 1 saturated heterocycles. The van der Waals surface area contributed by atoms with Gasteiger partial charge in [0.2, 0.25) is 0 Å². The third-order valence-corrected chi connectivity index (χ3v) is 6.63. The van der Waals surface area contributed by atoms with Crippen LogP contribution in [0.25, 0.3) is 21.7 Å². The number of piperidine rings is 1. The quantitative estimate of drug-likeness (QED) is 0.251. The normalized spacial score (nSPS) is 14.7. The summed E-state index contributed by atoms with van der Waals surface area (Å²) in [5.41, 5.74) is 1.61. The fourth-order valence-electron chi connectivity index (χ4n) is 4.79. The Balaban J connectivity index is 0.00000274. The van der Waals surface area contributed by atoms with Crippen LogP contribution in [-0.4, -0.2) is 38.3 Å². The van der Waals surface area contributed by atoms with E-state index >= 15 is 0 Å². The van der Waals surface area contributed by atoms with Crippen LogP contribution in [0, 0.1) is 5.92 Å². The molecule has 0 aliphatic carbocycles. The molecule has 0 unspecified atom stereocenters. The lowest BCUT2D eigenvalue weighted by molar-refractivity contribution is 0.155. The van der Waals surface area contributed by atoms with Gasteiger partial charge in [0.25, 0.3) is 0 Å². The maximum Gasteiger partial charge on any atom is 0.344 e.